The van der Waals surface area contributed by atoms with Gasteiger partial charge >= 0.3 is 0 Å². The van der Waals surface area contributed by atoms with Gasteiger partial charge in [0, 0.05) is 6.61 Å². The van der Waals surface area contributed by atoms with Crippen LogP contribution in [0.25, 0.3) is 0 Å². The Morgan fingerprint density at radius 2 is 1.71 bits per heavy atom. The number of hydrogen-bond donors (Lipinski definition) is 1. The van der Waals surface area contributed by atoms with Crippen LogP contribution < -0.4 is 10.1 Å². The minimum absolute atomic E-state index is 0.209. The van der Waals surface area contributed by atoms with Crippen molar-refractivity contribution in [3.05, 3.63) is 29.8 Å². The first-order valence-corrected chi connectivity index (χ1v) is 8.04. The Kier molecular flexibility index (Phi) is 8.40. The van der Waals surface area contributed by atoms with Crippen LogP contribution >= 0.6 is 0 Å². The quantitative estimate of drug-likeness (QED) is 0.656. The molecule has 0 spiro atoms. The molecule has 0 aromatic heterocycles. The monoisotopic (exact) mass is 293 g/mol. The summed E-state index contributed by atoms with van der Waals surface area (Å²) in [6.45, 7) is 10.1. The van der Waals surface area contributed by atoms with Crippen LogP contribution in [0.2, 0.25) is 0 Å². The van der Waals surface area contributed by atoms with E-state index < -0.39 is 0 Å². The highest BCUT2D eigenvalue weighted by Crippen LogP contribution is 2.19. The fourth-order valence-corrected chi connectivity index (χ4v) is 2.19. The standard InChI is InChI=1S/C18H31NO2/c1-14(2)7-6-12-20-13-18(19-5)16-8-10-17(11-9-16)21-15(3)4/h8-11,14-15,18-19H,6-7,12-13H2,1-5H3. The Balaban J connectivity index is 2.40. The van der Waals surface area contributed by atoms with Gasteiger partial charge in [0.1, 0.15) is 5.75 Å². The fraction of sp³-hybridized carbons (Fsp3) is 0.667. The number of likely N-dealkylation sites (N-methyl/N-ethyl adjacent to an activating group) is 1. The molecule has 0 saturated carbocycles. The van der Waals surface area contributed by atoms with E-state index >= 15 is 0 Å². The number of nitrogens with one attached hydrogen (secondary N) is 1. The topological polar surface area (TPSA) is 30.5 Å². The second-order valence-electron chi connectivity index (χ2n) is 6.19. The van der Waals surface area contributed by atoms with Crippen molar-refractivity contribution in [1.82, 2.24) is 5.32 Å². The SMILES string of the molecule is CNC(COCCCC(C)C)c1ccc(OC(C)C)cc1. The third kappa shape index (κ3) is 7.49. The maximum Gasteiger partial charge on any atom is 0.119 e. The molecule has 0 radical (unpaired) electrons. The molecule has 3 nitrogen and oxygen atoms in total. The summed E-state index contributed by atoms with van der Waals surface area (Å²) in [5.74, 6) is 1.67. The van der Waals surface area contributed by atoms with Crippen molar-refractivity contribution in [2.45, 2.75) is 52.7 Å². The molecule has 0 aliphatic heterocycles. The van der Waals surface area contributed by atoms with E-state index in [1.54, 1.807) is 0 Å². The number of rotatable bonds is 10. The number of hydrogen-bond acceptors (Lipinski definition) is 3. The van der Waals surface area contributed by atoms with E-state index in [1.165, 1.54) is 12.0 Å². The van der Waals surface area contributed by atoms with Crippen LogP contribution in [0.4, 0.5) is 0 Å². The summed E-state index contributed by atoms with van der Waals surface area (Å²) >= 11 is 0. The molecule has 0 aliphatic rings. The molecular weight excluding hydrogens is 262 g/mol. The van der Waals surface area contributed by atoms with Gasteiger partial charge in [-0.15, -0.1) is 0 Å². The molecule has 1 atom stereocenters. The molecule has 3 heteroatoms. The van der Waals surface area contributed by atoms with Crippen LogP contribution in [-0.4, -0.2) is 26.4 Å². The van der Waals surface area contributed by atoms with Gasteiger partial charge in [0.05, 0.1) is 18.8 Å². The van der Waals surface area contributed by atoms with Gasteiger partial charge in [-0.05, 0) is 57.4 Å². The van der Waals surface area contributed by atoms with Crippen LogP contribution in [0.3, 0.4) is 0 Å². The molecule has 0 saturated heterocycles. The Labute approximate surface area is 130 Å². The predicted octanol–water partition coefficient (Wildman–Crippen LogP) is 4.19. The summed E-state index contributed by atoms with van der Waals surface area (Å²) in [4.78, 5) is 0. The van der Waals surface area contributed by atoms with E-state index in [0.717, 1.165) is 24.7 Å². The highest BCUT2D eigenvalue weighted by molar-refractivity contribution is 5.29. The normalized spacial score (nSPS) is 12.9. The molecule has 1 unspecified atom stereocenters. The molecule has 1 aromatic rings. The zero-order chi connectivity index (χ0) is 15.7. The highest BCUT2D eigenvalue weighted by atomic mass is 16.5. The molecule has 0 bridgehead atoms. The number of benzene rings is 1. The Bertz CT molecular complexity index is 373. The molecule has 1 rings (SSSR count). The van der Waals surface area contributed by atoms with Crippen LogP contribution in [0.1, 0.15) is 52.1 Å². The van der Waals surface area contributed by atoms with E-state index in [4.69, 9.17) is 9.47 Å². The van der Waals surface area contributed by atoms with Crippen LogP contribution in [-0.2, 0) is 4.74 Å². The molecule has 1 aromatic carbocycles. The van der Waals surface area contributed by atoms with Gasteiger partial charge in [0.25, 0.3) is 0 Å². The predicted molar refractivity (Wildman–Crippen MR) is 88.9 cm³/mol. The van der Waals surface area contributed by atoms with E-state index in [-0.39, 0.29) is 12.1 Å². The average molecular weight is 293 g/mol. The first-order chi connectivity index (χ1) is 10.0. The Morgan fingerprint density at radius 1 is 1.05 bits per heavy atom. The molecule has 21 heavy (non-hydrogen) atoms. The average Bonchev–Trinajstić information content (AvgIpc) is 2.43. The second-order valence-corrected chi connectivity index (χ2v) is 6.19. The summed E-state index contributed by atoms with van der Waals surface area (Å²) < 4.78 is 11.5. The zero-order valence-electron chi connectivity index (χ0n) is 14.2. The van der Waals surface area contributed by atoms with Crippen molar-refractivity contribution in [3.8, 4) is 5.75 Å². The van der Waals surface area contributed by atoms with Gasteiger partial charge in [-0.2, -0.15) is 0 Å². The molecule has 0 fully saturated rings. The maximum absolute atomic E-state index is 5.79. The third-order valence-corrected chi connectivity index (χ3v) is 3.36. The lowest BCUT2D eigenvalue weighted by Gasteiger charge is -2.18. The van der Waals surface area contributed by atoms with Gasteiger partial charge in [-0.1, -0.05) is 26.0 Å². The van der Waals surface area contributed by atoms with E-state index in [0.29, 0.717) is 6.61 Å². The van der Waals surface area contributed by atoms with E-state index in [2.05, 4.69) is 31.3 Å². The van der Waals surface area contributed by atoms with Gasteiger partial charge in [0.2, 0.25) is 0 Å². The van der Waals surface area contributed by atoms with E-state index in [1.807, 2.05) is 33.0 Å². The van der Waals surface area contributed by atoms with Crippen LogP contribution in [0.5, 0.6) is 5.75 Å². The van der Waals surface area contributed by atoms with Crippen molar-refractivity contribution in [1.29, 1.82) is 0 Å². The minimum atomic E-state index is 0.209. The summed E-state index contributed by atoms with van der Waals surface area (Å²) in [5.41, 5.74) is 1.23. The summed E-state index contributed by atoms with van der Waals surface area (Å²) in [5, 5.41) is 3.31. The van der Waals surface area contributed by atoms with Crippen molar-refractivity contribution in [2.24, 2.45) is 5.92 Å². The Morgan fingerprint density at radius 3 is 2.24 bits per heavy atom. The van der Waals surface area contributed by atoms with E-state index in [9.17, 15) is 0 Å². The first kappa shape index (κ1) is 18.0. The molecule has 0 amide bonds. The highest BCUT2D eigenvalue weighted by Gasteiger charge is 2.09. The van der Waals surface area contributed by atoms with Gasteiger partial charge in [-0.25, -0.2) is 0 Å². The Hall–Kier alpha value is -1.06. The lowest BCUT2D eigenvalue weighted by Crippen LogP contribution is -2.22. The third-order valence-electron chi connectivity index (χ3n) is 3.36. The van der Waals surface area contributed by atoms with Crippen molar-refractivity contribution >= 4 is 0 Å². The van der Waals surface area contributed by atoms with Gasteiger partial charge < -0.3 is 14.8 Å². The molecule has 1 N–H and O–H groups in total. The largest absolute Gasteiger partial charge is 0.491 e. The van der Waals surface area contributed by atoms with Gasteiger partial charge in [0.15, 0.2) is 0 Å². The zero-order valence-corrected chi connectivity index (χ0v) is 14.2. The molecular formula is C18H31NO2. The molecule has 0 aliphatic carbocycles. The number of ether oxygens (including phenoxy) is 2. The van der Waals surface area contributed by atoms with Crippen LogP contribution in [0.15, 0.2) is 24.3 Å². The maximum atomic E-state index is 5.79. The molecule has 120 valence electrons. The fourth-order valence-electron chi connectivity index (χ4n) is 2.19. The first-order valence-electron chi connectivity index (χ1n) is 8.04. The van der Waals surface area contributed by atoms with Crippen molar-refractivity contribution in [2.75, 3.05) is 20.3 Å². The van der Waals surface area contributed by atoms with Gasteiger partial charge in [-0.3, -0.25) is 0 Å². The van der Waals surface area contributed by atoms with Crippen molar-refractivity contribution in [3.63, 3.8) is 0 Å². The van der Waals surface area contributed by atoms with Crippen molar-refractivity contribution < 1.29 is 9.47 Å². The second kappa shape index (κ2) is 9.80. The lowest BCUT2D eigenvalue weighted by atomic mass is 10.1. The summed E-state index contributed by atoms with van der Waals surface area (Å²) in [6, 6.07) is 8.50. The summed E-state index contributed by atoms with van der Waals surface area (Å²) in [7, 11) is 1.97. The minimum Gasteiger partial charge on any atom is -0.491 e. The summed E-state index contributed by atoms with van der Waals surface area (Å²) in [6.07, 6.45) is 2.57. The smallest absolute Gasteiger partial charge is 0.119 e. The van der Waals surface area contributed by atoms with Crippen LogP contribution in [0, 0.1) is 5.92 Å². The lowest BCUT2D eigenvalue weighted by molar-refractivity contribution is 0.108. The molecule has 0 heterocycles.